The van der Waals surface area contributed by atoms with Crippen molar-refractivity contribution in [1.82, 2.24) is 5.32 Å². The van der Waals surface area contributed by atoms with Crippen LogP contribution in [0.15, 0.2) is 60.0 Å². The Morgan fingerprint density at radius 2 is 1.88 bits per heavy atom. The van der Waals surface area contributed by atoms with E-state index in [4.69, 9.17) is 4.74 Å². The van der Waals surface area contributed by atoms with Crippen LogP contribution in [0.4, 0.5) is 0 Å². The molecule has 0 spiro atoms. The zero-order valence-electron chi connectivity index (χ0n) is 14.1. The molecule has 3 heterocycles. The van der Waals surface area contributed by atoms with Gasteiger partial charge in [-0.15, -0.1) is 35.1 Å². The smallest absolute Gasteiger partial charge is 0.348 e. The van der Waals surface area contributed by atoms with Crippen molar-refractivity contribution in [3.05, 3.63) is 70.4 Å². The third-order valence-electron chi connectivity index (χ3n) is 4.48. The van der Waals surface area contributed by atoms with Crippen molar-refractivity contribution < 1.29 is 9.53 Å². The standard InChI is InChI=1S/C20H19NO2S2.ClH/c22-20(19-9-8-18(25-19)17-7-4-12-24-17)23-16-13-21-11-10-15(16)14-5-2-1-3-6-14;/h1-9,12,15-16,21H,10-11,13H2;1H/t15-,16+;/m1./s1. The van der Waals surface area contributed by atoms with Crippen LogP contribution in [0.2, 0.25) is 0 Å². The van der Waals surface area contributed by atoms with Crippen molar-refractivity contribution >= 4 is 41.0 Å². The lowest BCUT2D eigenvalue weighted by Crippen LogP contribution is -2.42. The number of carbonyl (C=O) groups is 1. The van der Waals surface area contributed by atoms with Gasteiger partial charge in [0.2, 0.25) is 0 Å². The highest BCUT2D eigenvalue weighted by Gasteiger charge is 2.30. The lowest BCUT2D eigenvalue weighted by molar-refractivity contribution is 0.0188. The SMILES string of the molecule is Cl.O=C(O[C@H]1CNCC[C@@H]1c1ccccc1)c1ccc(-c2cccs2)s1. The minimum Gasteiger partial charge on any atom is -0.456 e. The number of piperidine rings is 1. The maximum absolute atomic E-state index is 12.6. The van der Waals surface area contributed by atoms with Gasteiger partial charge in [-0.1, -0.05) is 36.4 Å². The predicted octanol–water partition coefficient (Wildman–Crippen LogP) is 5.20. The fraction of sp³-hybridized carbons (Fsp3) is 0.250. The normalized spacial score (nSPS) is 19.5. The molecule has 6 heteroatoms. The van der Waals surface area contributed by atoms with Crippen LogP contribution in [0, 0.1) is 0 Å². The molecule has 2 atom stereocenters. The Bertz CT molecular complexity index is 833. The number of esters is 1. The van der Waals surface area contributed by atoms with Crippen LogP contribution in [-0.2, 0) is 4.74 Å². The summed E-state index contributed by atoms with van der Waals surface area (Å²) >= 11 is 3.18. The summed E-state index contributed by atoms with van der Waals surface area (Å²) in [6, 6.07) is 18.3. The molecule has 1 aromatic carbocycles. The molecule has 1 fully saturated rings. The second-order valence-electron chi connectivity index (χ2n) is 6.09. The molecule has 1 saturated heterocycles. The first-order valence-corrected chi connectivity index (χ1v) is 10.1. The van der Waals surface area contributed by atoms with E-state index >= 15 is 0 Å². The van der Waals surface area contributed by atoms with Crippen LogP contribution >= 0.6 is 35.1 Å². The molecule has 0 unspecified atom stereocenters. The van der Waals surface area contributed by atoms with E-state index in [1.165, 1.54) is 21.8 Å². The highest BCUT2D eigenvalue weighted by Crippen LogP contribution is 2.33. The van der Waals surface area contributed by atoms with E-state index in [9.17, 15) is 4.79 Å². The van der Waals surface area contributed by atoms with Crippen molar-refractivity contribution in [1.29, 1.82) is 0 Å². The van der Waals surface area contributed by atoms with Gasteiger partial charge >= 0.3 is 5.97 Å². The number of rotatable bonds is 4. The molecule has 1 aliphatic rings. The quantitative estimate of drug-likeness (QED) is 0.606. The maximum Gasteiger partial charge on any atom is 0.348 e. The summed E-state index contributed by atoms with van der Waals surface area (Å²) in [7, 11) is 0. The monoisotopic (exact) mass is 405 g/mol. The maximum atomic E-state index is 12.6. The van der Waals surface area contributed by atoms with Crippen molar-refractivity contribution in [2.75, 3.05) is 13.1 Å². The number of hydrogen-bond acceptors (Lipinski definition) is 5. The minimum absolute atomic E-state index is 0. The van der Waals surface area contributed by atoms with Crippen LogP contribution in [0.1, 0.15) is 27.6 Å². The van der Waals surface area contributed by atoms with Crippen LogP contribution in [0.25, 0.3) is 9.75 Å². The molecule has 0 aliphatic carbocycles. The number of ether oxygens (including phenoxy) is 1. The number of thiophene rings is 2. The molecule has 136 valence electrons. The summed E-state index contributed by atoms with van der Waals surface area (Å²) in [6.45, 7) is 1.66. The Kier molecular flexibility index (Phi) is 6.48. The van der Waals surface area contributed by atoms with E-state index in [2.05, 4.69) is 23.5 Å². The van der Waals surface area contributed by atoms with E-state index in [-0.39, 0.29) is 30.4 Å². The molecule has 0 amide bonds. The first-order chi connectivity index (χ1) is 12.3. The Morgan fingerprint density at radius 3 is 2.65 bits per heavy atom. The summed E-state index contributed by atoms with van der Waals surface area (Å²) in [5, 5.41) is 5.39. The van der Waals surface area contributed by atoms with Gasteiger partial charge in [-0.3, -0.25) is 0 Å². The number of halogens is 1. The first kappa shape index (κ1) is 19.1. The van der Waals surface area contributed by atoms with E-state index in [1.807, 2.05) is 41.8 Å². The number of carbonyl (C=O) groups excluding carboxylic acids is 1. The van der Waals surface area contributed by atoms with E-state index in [0.29, 0.717) is 11.4 Å². The van der Waals surface area contributed by atoms with Crippen LogP contribution in [0.5, 0.6) is 0 Å². The van der Waals surface area contributed by atoms with Gasteiger partial charge in [-0.25, -0.2) is 4.79 Å². The minimum atomic E-state index is -0.220. The van der Waals surface area contributed by atoms with Gasteiger partial charge in [0, 0.05) is 22.2 Å². The predicted molar refractivity (Wildman–Crippen MR) is 111 cm³/mol. The lowest BCUT2D eigenvalue weighted by atomic mass is 9.88. The van der Waals surface area contributed by atoms with Crippen molar-refractivity contribution in [3.63, 3.8) is 0 Å². The second-order valence-corrected chi connectivity index (χ2v) is 8.13. The van der Waals surface area contributed by atoms with Gasteiger partial charge in [-0.05, 0) is 42.1 Å². The molecule has 3 nitrogen and oxygen atoms in total. The molecular formula is C20H20ClNO2S2. The third-order valence-corrected chi connectivity index (χ3v) is 6.61. The Morgan fingerprint density at radius 1 is 1.04 bits per heavy atom. The largest absolute Gasteiger partial charge is 0.456 e. The summed E-state index contributed by atoms with van der Waals surface area (Å²) < 4.78 is 5.89. The lowest BCUT2D eigenvalue weighted by Gasteiger charge is -2.32. The van der Waals surface area contributed by atoms with Crippen molar-refractivity contribution in [2.24, 2.45) is 0 Å². The Labute approximate surface area is 167 Å². The summed E-state index contributed by atoms with van der Waals surface area (Å²) in [5.74, 6) is 0.0329. The average molecular weight is 406 g/mol. The second kappa shape index (κ2) is 8.82. The van der Waals surface area contributed by atoms with Gasteiger partial charge < -0.3 is 10.1 Å². The molecule has 0 bridgehead atoms. The highest BCUT2D eigenvalue weighted by molar-refractivity contribution is 7.22. The molecule has 4 rings (SSSR count). The molecule has 0 saturated carbocycles. The van der Waals surface area contributed by atoms with Gasteiger partial charge in [-0.2, -0.15) is 0 Å². The molecule has 3 aromatic rings. The topological polar surface area (TPSA) is 38.3 Å². The molecule has 26 heavy (non-hydrogen) atoms. The third kappa shape index (κ3) is 4.18. The summed E-state index contributed by atoms with van der Waals surface area (Å²) in [5.41, 5.74) is 1.24. The fourth-order valence-electron chi connectivity index (χ4n) is 3.23. The van der Waals surface area contributed by atoms with Crippen LogP contribution in [-0.4, -0.2) is 25.2 Å². The van der Waals surface area contributed by atoms with Gasteiger partial charge in [0.25, 0.3) is 0 Å². The van der Waals surface area contributed by atoms with Crippen molar-refractivity contribution in [2.45, 2.75) is 18.4 Å². The summed E-state index contributed by atoms with van der Waals surface area (Å²) in [4.78, 5) is 15.6. The Hall–Kier alpha value is -1.66. The Balaban J connectivity index is 0.00000196. The van der Waals surface area contributed by atoms with Crippen LogP contribution in [0.3, 0.4) is 0 Å². The molecule has 1 aliphatic heterocycles. The fourth-order valence-corrected chi connectivity index (χ4v) is 4.95. The van der Waals surface area contributed by atoms with E-state index in [0.717, 1.165) is 17.8 Å². The molecule has 1 N–H and O–H groups in total. The first-order valence-electron chi connectivity index (χ1n) is 8.41. The van der Waals surface area contributed by atoms with Crippen LogP contribution < -0.4 is 5.32 Å². The average Bonchev–Trinajstić information content (AvgIpc) is 3.34. The molecular weight excluding hydrogens is 386 g/mol. The van der Waals surface area contributed by atoms with Gasteiger partial charge in [0.1, 0.15) is 11.0 Å². The van der Waals surface area contributed by atoms with Crippen molar-refractivity contribution in [3.8, 4) is 9.75 Å². The van der Waals surface area contributed by atoms with E-state index in [1.54, 1.807) is 11.3 Å². The highest BCUT2D eigenvalue weighted by atomic mass is 35.5. The zero-order valence-corrected chi connectivity index (χ0v) is 16.5. The molecule has 0 radical (unpaired) electrons. The van der Waals surface area contributed by atoms with Gasteiger partial charge in [0.05, 0.1) is 0 Å². The van der Waals surface area contributed by atoms with E-state index < -0.39 is 0 Å². The number of benzene rings is 1. The summed E-state index contributed by atoms with van der Waals surface area (Å²) in [6.07, 6.45) is 0.850. The zero-order chi connectivity index (χ0) is 17.1. The molecule has 2 aromatic heterocycles. The number of hydrogen-bond donors (Lipinski definition) is 1. The van der Waals surface area contributed by atoms with Gasteiger partial charge in [0.15, 0.2) is 0 Å². The number of nitrogens with one attached hydrogen (secondary N) is 1.